The Balaban J connectivity index is 2.89. The second-order valence-electron chi connectivity index (χ2n) is 2.05. The molecule has 0 aliphatic rings. The summed E-state index contributed by atoms with van der Waals surface area (Å²) in [6.07, 6.45) is 6.47. The van der Waals surface area contributed by atoms with Gasteiger partial charge >= 0.3 is 0 Å². The van der Waals surface area contributed by atoms with Crippen LogP contribution in [0.1, 0.15) is 12.8 Å². The van der Waals surface area contributed by atoms with Crippen LogP contribution < -0.4 is 0 Å². The van der Waals surface area contributed by atoms with Gasteiger partial charge in [-0.15, -0.1) is 0 Å². The molecule has 0 spiro atoms. The van der Waals surface area contributed by atoms with Crippen LogP contribution in [0.2, 0.25) is 0 Å². The lowest BCUT2D eigenvalue weighted by atomic mass is 10.3. The Hall–Kier alpha value is 0.390. The first-order chi connectivity index (χ1) is 5.41. The smallest absolute Gasteiger partial charge is 0.146 e. The van der Waals surface area contributed by atoms with Crippen LogP contribution in [0.4, 0.5) is 0 Å². The van der Waals surface area contributed by atoms with E-state index in [-0.39, 0.29) is 0 Å². The first kappa shape index (κ1) is 11.4. The average molecular weight is 270 g/mol. The number of halogens is 1. The highest BCUT2D eigenvalue weighted by atomic mass is 127. The number of alkyl halides is 1. The molecule has 0 aromatic carbocycles. The fourth-order valence-corrected chi connectivity index (χ4v) is 0.952. The SMILES string of the molecule is COCOCC/C=C/CCI. The highest BCUT2D eigenvalue weighted by Crippen LogP contribution is 1.92. The Bertz CT molecular complexity index is 94.1. The summed E-state index contributed by atoms with van der Waals surface area (Å²) < 4.78 is 11.0. The second-order valence-corrected chi connectivity index (χ2v) is 3.13. The minimum absolute atomic E-state index is 0.403. The molecule has 0 heterocycles. The maximum Gasteiger partial charge on any atom is 0.146 e. The van der Waals surface area contributed by atoms with E-state index in [1.54, 1.807) is 7.11 Å². The topological polar surface area (TPSA) is 18.5 Å². The summed E-state index contributed by atoms with van der Waals surface area (Å²) in [5.41, 5.74) is 0. The van der Waals surface area contributed by atoms with Gasteiger partial charge in [-0.3, -0.25) is 0 Å². The molecule has 2 nitrogen and oxygen atoms in total. The maximum absolute atomic E-state index is 5.09. The van der Waals surface area contributed by atoms with E-state index < -0.39 is 0 Å². The monoisotopic (exact) mass is 270 g/mol. The molecule has 0 radical (unpaired) electrons. The quantitative estimate of drug-likeness (QED) is 0.232. The van der Waals surface area contributed by atoms with Crippen molar-refractivity contribution in [1.29, 1.82) is 0 Å². The van der Waals surface area contributed by atoms with Gasteiger partial charge in [-0.1, -0.05) is 34.7 Å². The summed E-state index contributed by atoms with van der Waals surface area (Å²) in [4.78, 5) is 0. The van der Waals surface area contributed by atoms with Crippen molar-refractivity contribution in [2.24, 2.45) is 0 Å². The molecule has 0 bridgehead atoms. The largest absolute Gasteiger partial charge is 0.359 e. The Morgan fingerprint density at radius 3 is 2.64 bits per heavy atom. The summed E-state index contributed by atoms with van der Waals surface area (Å²) in [6, 6.07) is 0. The van der Waals surface area contributed by atoms with Crippen molar-refractivity contribution in [2.75, 3.05) is 24.9 Å². The second kappa shape index (κ2) is 10.4. The van der Waals surface area contributed by atoms with Crippen LogP contribution in [0.25, 0.3) is 0 Å². The number of methoxy groups -OCH3 is 1. The van der Waals surface area contributed by atoms with Gasteiger partial charge in [0.2, 0.25) is 0 Å². The highest BCUT2D eigenvalue weighted by molar-refractivity contribution is 14.1. The van der Waals surface area contributed by atoms with Crippen LogP contribution in [0.3, 0.4) is 0 Å². The Morgan fingerprint density at radius 1 is 1.27 bits per heavy atom. The van der Waals surface area contributed by atoms with E-state index in [9.17, 15) is 0 Å². The molecule has 0 aromatic heterocycles. The van der Waals surface area contributed by atoms with Gasteiger partial charge in [-0.25, -0.2) is 0 Å². The molecule has 0 aromatic rings. The zero-order valence-corrected chi connectivity index (χ0v) is 9.04. The lowest BCUT2D eigenvalue weighted by molar-refractivity contribution is -0.0285. The molecule has 0 saturated carbocycles. The summed E-state index contributed by atoms with van der Waals surface area (Å²) in [7, 11) is 1.63. The van der Waals surface area contributed by atoms with E-state index in [0.717, 1.165) is 19.4 Å². The predicted molar refractivity (Wildman–Crippen MR) is 55.1 cm³/mol. The molecule has 0 atom stereocenters. The van der Waals surface area contributed by atoms with Gasteiger partial charge in [0.05, 0.1) is 6.61 Å². The standard InChI is InChI=1S/C8H15IO2/c1-10-8-11-7-5-3-2-4-6-9/h2-3H,4-8H2,1H3/b3-2+. The predicted octanol–water partition coefficient (Wildman–Crippen LogP) is 2.38. The number of rotatable bonds is 7. The lowest BCUT2D eigenvalue weighted by Crippen LogP contribution is -1.96. The Morgan fingerprint density at radius 2 is 2.00 bits per heavy atom. The average Bonchev–Trinajstić information content (AvgIpc) is 2.03. The van der Waals surface area contributed by atoms with Crippen LogP contribution in [0.15, 0.2) is 12.2 Å². The molecular weight excluding hydrogens is 255 g/mol. The van der Waals surface area contributed by atoms with Gasteiger partial charge in [-0.2, -0.15) is 0 Å². The number of ether oxygens (including phenoxy) is 2. The minimum Gasteiger partial charge on any atom is -0.359 e. The van der Waals surface area contributed by atoms with E-state index in [0.29, 0.717) is 6.79 Å². The van der Waals surface area contributed by atoms with Gasteiger partial charge in [0.25, 0.3) is 0 Å². The molecule has 0 unspecified atom stereocenters. The summed E-state index contributed by atoms with van der Waals surface area (Å²) >= 11 is 2.36. The van der Waals surface area contributed by atoms with E-state index >= 15 is 0 Å². The van der Waals surface area contributed by atoms with Crippen molar-refractivity contribution in [3.63, 3.8) is 0 Å². The molecule has 0 fully saturated rings. The van der Waals surface area contributed by atoms with Crippen LogP contribution in [-0.4, -0.2) is 24.9 Å². The third kappa shape index (κ3) is 10.4. The third-order valence-corrected chi connectivity index (χ3v) is 1.70. The van der Waals surface area contributed by atoms with Crippen molar-refractivity contribution in [1.82, 2.24) is 0 Å². The molecule has 66 valence electrons. The molecule has 0 aliphatic heterocycles. The molecule has 0 saturated heterocycles. The van der Waals surface area contributed by atoms with Gasteiger partial charge in [-0.05, 0) is 12.8 Å². The Labute approximate surface area is 82.1 Å². The van der Waals surface area contributed by atoms with E-state index in [1.807, 2.05) is 0 Å². The van der Waals surface area contributed by atoms with Crippen molar-refractivity contribution >= 4 is 22.6 Å². The third-order valence-electron chi connectivity index (χ3n) is 1.07. The molecule has 0 amide bonds. The zero-order valence-electron chi connectivity index (χ0n) is 6.88. The first-order valence-electron chi connectivity index (χ1n) is 3.69. The normalized spacial score (nSPS) is 11.1. The van der Waals surface area contributed by atoms with Gasteiger partial charge in [0.1, 0.15) is 6.79 Å². The highest BCUT2D eigenvalue weighted by Gasteiger charge is 1.81. The zero-order chi connectivity index (χ0) is 8.36. The lowest BCUT2D eigenvalue weighted by Gasteiger charge is -1.97. The molecule has 0 aliphatic carbocycles. The van der Waals surface area contributed by atoms with E-state index in [1.165, 1.54) is 4.43 Å². The van der Waals surface area contributed by atoms with Crippen molar-refractivity contribution in [3.8, 4) is 0 Å². The number of allylic oxidation sites excluding steroid dienone is 1. The summed E-state index contributed by atoms with van der Waals surface area (Å²) in [5, 5.41) is 0. The van der Waals surface area contributed by atoms with Gasteiger partial charge in [0, 0.05) is 11.5 Å². The first-order valence-corrected chi connectivity index (χ1v) is 5.22. The van der Waals surface area contributed by atoms with Crippen LogP contribution >= 0.6 is 22.6 Å². The van der Waals surface area contributed by atoms with Crippen LogP contribution in [0.5, 0.6) is 0 Å². The molecular formula is C8H15IO2. The Kier molecular flexibility index (Phi) is 10.8. The number of hydrogen-bond acceptors (Lipinski definition) is 2. The van der Waals surface area contributed by atoms with Gasteiger partial charge in [0.15, 0.2) is 0 Å². The van der Waals surface area contributed by atoms with Crippen molar-refractivity contribution in [3.05, 3.63) is 12.2 Å². The molecule has 0 N–H and O–H groups in total. The van der Waals surface area contributed by atoms with Crippen molar-refractivity contribution < 1.29 is 9.47 Å². The molecule has 0 rings (SSSR count). The van der Waals surface area contributed by atoms with E-state index in [2.05, 4.69) is 34.7 Å². The minimum atomic E-state index is 0.403. The summed E-state index contributed by atoms with van der Waals surface area (Å²) in [5.74, 6) is 0. The van der Waals surface area contributed by atoms with Gasteiger partial charge < -0.3 is 9.47 Å². The number of hydrogen-bond donors (Lipinski definition) is 0. The fourth-order valence-electron chi connectivity index (χ4n) is 0.592. The van der Waals surface area contributed by atoms with Crippen LogP contribution in [0, 0.1) is 0 Å². The molecule has 3 heteroatoms. The fraction of sp³-hybridized carbons (Fsp3) is 0.750. The summed E-state index contributed by atoms with van der Waals surface area (Å²) in [6.45, 7) is 1.16. The van der Waals surface area contributed by atoms with Crippen molar-refractivity contribution in [2.45, 2.75) is 12.8 Å². The molecule has 11 heavy (non-hydrogen) atoms. The maximum atomic E-state index is 5.09. The van der Waals surface area contributed by atoms with E-state index in [4.69, 9.17) is 9.47 Å². The van der Waals surface area contributed by atoms with Crippen LogP contribution in [-0.2, 0) is 9.47 Å².